The molecule has 0 aliphatic carbocycles. The molecule has 1 aromatic carbocycles. The summed E-state index contributed by atoms with van der Waals surface area (Å²) in [6.07, 6.45) is 1.72. The summed E-state index contributed by atoms with van der Waals surface area (Å²) in [5.74, 6) is 1.53. The molecule has 1 aromatic heterocycles. The summed E-state index contributed by atoms with van der Waals surface area (Å²) in [4.78, 5) is 8.76. The first-order valence-electron chi connectivity index (χ1n) is 6.94. The van der Waals surface area contributed by atoms with Gasteiger partial charge in [-0.05, 0) is 19.4 Å². The minimum absolute atomic E-state index is 0.651. The highest BCUT2D eigenvalue weighted by molar-refractivity contribution is 5.41. The zero-order valence-electron chi connectivity index (χ0n) is 12.3. The molecule has 5 heteroatoms. The summed E-state index contributed by atoms with van der Waals surface area (Å²) in [6.45, 7) is 6.82. The van der Waals surface area contributed by atoms with Crippen molar-refractivity contribution >= 4 is 11.8 Å². The molecule has 0 saturated heterocycles. The molecule has 106 valence electrons. The van der Waals surface area contributed by atoms with Crippen molar-refractivity contribution in [1.82, 2.24) is 15.2 Å². The molecular weight excluding hydrogens is 250 g/mol. The summed E-state index contributed by atoms with van der Waals surface area (Å²) in [5.41, 5.74) is 1.23. The Hall–Kier alpha value is -2.17. The van der Waals surface area contributed by atoms with Gasteiger partial charge in [-0.2, -0.15) is 10.1 Å². The fraction of sp³-hybridized carbons (Fsp3) is 0.400. The molecule has 0 bridgehead atoms. The molecule has 1 heterocycles. The molecule has 2 rings (SSSR count). The van der Waals surface area contributed by atoms with Crippen LogP contribution in [0.25, 0.3) is 0 Å². The second kappa shape index (κ2) is 6.84. The fourth-order valence-corrected chi connectivity index (χ4v) is 2.08. The van der Waals surface area contributed by atoms with Crippen LogP contribution in [0.5, 0.6) is 0 Å². The van der Waals surface area contributed by atoms with Gasteiger partial charge < -0.3 is 9.80 Å². The van der Waals surface area contributed by atoms with Crippen LogP contribution in [0.15, 0.2) is 36.5 Å². The molecule has 0 fully saturated rings. The number of anilines is 2. The minimum Gasteiger partial charge on any atom is -0.356 e. The lowest BCUT2D eigenvalue weighted by Gasteiger charge is -2.21. The van der Waals surface area contributed by atoms with E-state index in [1.807, 2.05) is 30.1 Å². The number of rotatable bonds is 6. The van der Waals surface area contributed by atoms with Crippen molar-refractivity contribution in [3.8, 4) is 0 Å². The Morgan fingerprint density at radius 3 is 2.40 bits per heavy atom. The number of hydrogen-bond donors (Lipinski definition) is 0. The highest BCUT2D eigenvalue weighted by atomic mass is 15.3. The third-order valence-corrected chi connectivity index (χ3v) is 3.23. The second-order valence-electron chi connectivity index (χ2n) is 4.63. The van der Waals surface area contributed by atoms with Crippen molar-refractivity contribution in [3.63, 3.8) is 0 Å². The van der Waals surface area contributed by atoms with Crippen molar-refractivity contribution in [1.29, 1.82) is 0 Å². The molecule has 0 aliphatic heterocycles. The van der Waals surface area contributed by atoms with Crippen molar-refractivity contribution in [2.75, 3.05) is 29.9 Å². The standard InChI is InChI=1S/C15H21N5/c1-4-20(5-2)14-11-16-18-15(17-14)19(3)12-13-9-7-6-8-10-13/h6-11H,4-5,12H2,1-3H3. The van der Waals surface area contributed by atoms with Crippen LogP contribution in [0.2, 0.25) is 0 Å². The molecule has 0 radical (unpaired) electrons. The van der Waals surface area contributed by atoms with E-state index in [4.69, 9.17) is 0 Å². The Morgan fingerprint density at radius 2 is 1.75 bits per heavy atom. The summed E-state index contributed by atoms with van der Waals surface area (Å²) in [6, 6.07) is 10.3. The first-order valence-corrected chi connectivity index (χ1v) is 6.94. The Labute approximate surface area is 120 Å². The average molecular weight is 271 g/mol. The van der Waals surface area contributed by atoms with E-state index in [1.165, 1.54) is 5.56 Å². The van der Waals surface area contributed by atoms with E-state index in [2.05, 4.69) is 46.1 Å². The third kappa shape index (κ3) is 3.44. The minimum atomic E-state index is 0.651. The first kappa shape index (κ1) is 14.2. The maximum Gasteiger partial charge on any atom is 0.247 e. The van der Waals surface area contributed by atoms with Gasteiger partial charge in [-0.1, -0.05) is 30.3 Å². The second-order valence-corrected chi connectivity index (χ2v) is 4.63. The van der Waals surface area contributed by atoms with Gasteiger partial charge in [0.1, 0.15) is 0 Å². The molecule has 20 heavy (non-hydrogen) atoms. The van der Waals surface area contributed by atoms with Gasteiger partial charge in [-0.15, -0.1) is 5.10 Å². The van der Waals surface area contributed by atoms with Gasteiger partial charge >= 0.3 is 0 Å². The van der Waals surface area contributed by atoms with E-state index in [1.54, 1.807) is 6.20 Å². The maximum absolute atomic E-state index is 4.59. The highest BCUT2D eigenvalue weighted by Gasteiger charge is 2.10. The van der Waals surface area contributed by atoms with E-state index < -0.39 is 0 Å². The molecule has 5 nitrogen and oxygen atoms in total. The topological polar surface area (TPSA) is 45.2 Å². The Morgan fingerprint density at radius 1 is 1.05 bits per heavy atom. The van der Waals surface area contributed by atoms with E-state index in [9.17, 15) is 0 Å². The van der Waals surface area contributed by atoms with E-state index in [0.717, 1.165) is 25.5 Å². The molecule has 0 amide bonds. The van der Waals surface area contributed by atoms with Crippen LogP contribution in [0.3, 0.4) is 0 Å². The normalized spacial score (nSPS) is 10.3. The lowest BCUT2D eigenvalue weighted by molar-refractivity contribution is 0.791. The summed E-state index contributed by atoms with van der Waals surface area (Å²) < 4.78 is 0. The Balaban J connectivity index is 2.14. The van der Waals surface area contributed by atoms with Crippen LogP contribution in [0.4, 0.5) is 11.8 Å². The van der Waals surface area contributed by atoms with Gasteiger partial charge in [0.05, 0.1) is 6.20 Å². The lowest BCUT2D eigenvalue weighted by atomic mass is 10.2. The highest BCUT2D eigenvalue weighted by Crippen LogP contribution is 2.14. The van der Waals surface area contributed by atoms with Crippen molar-refractivity contribution in [2.24, 2.45) is 0 Å². The monoisotopic (exact) mass is 271 g/mol. The van der Waals surface area contributed by atoms with Crippen molar-refractivity contribution in [2.45, 2.75) is 20.4 Å². The predicted octanol–water partition coefficient (Wildman–Crippen LogP) is 2.35. The molecule has 0 aliphatic rings. The maximum atomic E-state index is 4.59. The van der Waals surface area contributed by atoms with Gasteiger partial charge in [-0.25, -0.2) is 0 Å². The largest absolute Gasteiger partial charge is 0.356 e. The van der Waals surface area contributed by atoms with Crippen molar-refractivity contribution in [3.05, 3.63) is 42.1 Å². The predicted molar refractivity (Wildman–Crippen MR) is 81.9 cm³/mol. The van der Waals surface area contributed by atoms with Gasteiger partial charge in [0.25, 0.3) is 0 Å². The SMILES string of the molecule is CCN(CC)c1cnnc(N(C)Cc2ccccc2)n1. The fourth-order valence-electron chi connectivity index (χ4n) is 2.08. The average Bonchev–Trinajstić information content (AvgIpc) is 2.50. The first-order chi connectivity index (χ1) is 9.74. The number of hydrogen-bond acceptors (Lipinski definition) is 5. The van der Waals surface area contributed by atoms with E-state index in [-0.39, 0.29) is 0 Å². The smallest absolute Gasteiger partial charge is 0.247 e. The molecule has 2 aromatic rings. The van der Waals surface area contributed by atoms with E-state index >= 15 is 0 Å². The van der Waals surface area contributed by atoms with Crippen LogP contribution in [0, 0.1) is 0 Å². The number of aromatic nitrogens is 3. The zero-order valence-corrected chi connectivity index (χ0v) is 12.3. The molecule has 0 atom stereocenters. The van der Waals surface area contributed by atoms with Crippen LogP contribution in [0.1, 0.15) is 19.4 Å². The number of nitrogens with zero attached hydrogens (tertiary/aromatic N) is 5. The van der Waals surface area contributed by atoms with Gasteiger partial charge in [-0.3, -0.25) is 0 Å². The summed E-state index contributed by atoms with van der Waals surface area (Å²) in [7, 11) is 1.98. The van der Waals surface area contributed by atoms with Crippen molar-refractivity contribution < 1.29 is 0 Å². The van der Waals surface area contributed by atoms with E-state index in [0.29, 0.717) is 5.95 Å². The zero-order chi connectivity index (χ0) is 14.4. The molecule has 0 saturated carbocycles. The molecule has 0 unspecified atom stereocenters. The summed E-state index contributed by atoms with van der Waals surface area (Å²) >= 11 is 0. The van der Waals surface area contributed by atoms with Crippen LogP contribution < -0.4 is 9.80 Å². The summed E-state index contributed by atoms with van der Waals surface area (Å²) in [5, 5.41) is 8.19. The van der Waals surface area contributed by atoms with Gasteiger partial charge in [0.2, 0.25) is 5.95 Å². The van der Waals surface area contributed by atoms with Gasteiger partial charge in [0, 0.05) is 26.7 Å². The quantitative estimate of drug-likeness (QED) is 0.807. The van der Waals surface area contributed by atoms with Crippen LogP contribution in [-0.4, -0.2) is 35.3 Å². The molecular formula is C15H21N5. The third-order valence-electron chi connectivity index (χ3n) is 3.23. The number of benzene rings is 1. The molecule has 0 N–H and O–H groups in total. The Kier molecular flexibility index (Phi) is 4.87. The lowest BCUT2D eigenvalue weighted by Crippen LogP contribution is -2.25. The van der Waals surface area contributed by atoms with Gasteiger partial charge in [0.15, 0.2) is 5.82 Å². The molecule has 0 spiro atoms. The Bertz CT molecular complexity index is 525. The van der Waals surface area contributed by atoms with Crippen LogP contribution >= 0.6 is 0 Å². The van der Waals surface area contributed by atoms with Crippen LogP contribution in [-0.2, 0) is 6.54 Å².